The van der Waals surface area contributed by atoms with Gasteiger partial charge < -0.3 is 15.2 Å². The van der Waals surface area contributed by atoms with Crippen molar-refractivity contribution in [2.45, 2.75) is 19.8 Å². The highest BCUT2D eigenvalue weighted by Crippen LogP contribution is 2.34. The van der Waals surface area contributed by atoms with Crippen LogP contribution in [0.2, 0.25) is 0 Å². The minimum Gasteiger partial charge on any atom is -0.373 e. The van der Waals surface area contributed by atoms with Crippen LogP contribution in [-0.4, -0.2) is 28.1 Å². The molecule has 0 aromatic carbocycles. The van der Waals surface area contributed by atoms with E-state index in [1.54, 1.807) is 12.4 Å². The van der Waals surface area contributed by atoms with Gasteiger partial charge in [-0.15, -0.1) is 0 Å². The first-order valence-corrected chi connectivity index (χ1v) is 7.87. The molecular weight excluding hydrogens is 306 g/mol. The summed E-state index contributed by atoms with van der Waals surface area (Å²) in [7, 11) is 1.81. The fourth-order valence-corrected chi connectivity index (χ4v) is 2.66. The average Bonchev–Trinajstić information content (AvgIpc) is 3.35. The van der Waals surface area contributed by atoms with E-state index in [-0.39, 0.29) is 11.8 Å². The van der Waals surface area contributed by atoms with E-state index in [2.05, 4.69) is 25.8 Å². The first-order valence-electron chi connectivity index (χ1n) is 7.87. The average molecular weight is 323 g/mol. The van der Waals surface area contributed by atoms with E-state index in [0.717, 1.165) is 40.7 Å². The van der Waals surface area contributed by atoms with E-state index in [9.17, 15) is 4.79 Å². The van der Waals surface area contributed by atoms with E-state index >= 15 is 0 Å². The largest absolute Gasteiger partial charge is 0.373 e. The normalized spacial score (nSPS) is 13.9. The summed E-state index contributed by atoms with van der Waals surface area (Å²) in [6, 6.07) is 3.71. The maximum Gasteiger partial charge on any atom is 0.228 e. The second-order valence-corrected chi connectivity index (χ2v) is 5.98. The highest BCUT2D eigenvalue weighted by atomic mass is 16.5. The molecule has 3 heterocycles. The van der Waals surface area contributed by atoms with Crippen molar-refractivity contribution in [2.75, 3.05) is 17.7 Å². The predicted molar refractivity (Wildman–Crippen MR) is 90.7 cm³/mol. The van der Waals surface area contributed by atoms with Crippen LogP contribution in [0.15, 0.2) is 29.0 Å². The second-order valence-electron chi connectivity index (χ2n) is 5.98. The lowest BCUT2D eigenvalue weighted by Gasteiger charge is -2.10. The summed E-state index contributed by atoms with van der Waals surface area (Å²) < 4.78 is 5.38. The van der Waals surface area contributed by atoms with Crippen LogP contribution < -0.4 is 10.6 Å². The zero-order chi connectivity index (χ0) is 16.7. The van der Waals surface area contributed by atoms with E-state index in [0.29, 0.717) is 11.6 Å². The van der Waals surface area contributed by atoms with Crippen molar-refractivity contribution in [1.29, 1.82) is 0 Å². The lowest BCUT2D eigenvalue weighted by Crippen LogP contribution is -2.14. The highest BCUT2D eigenvalue weighted by molar-refractivity contribution is 6.03. The number of carbonyl (C=O) groups is 1. The molecule has 0 unspecified atom stereocenters. The van der Waals surface area contributed by atoms with Crippen molar-refractivity contribution in [3.63, 3.8) is 0 Å². The van der Waals surface area contributed by atoms with Crippen LogP contribution in [0.4, 0.5) is 11.6 Å². The Morgan fingerprint density at radius 2 is 2.04 bits per heavy atom. The summed E-state index contributed by atoms with van der Waals surface area (Å²) in [4.78, 5) is 20.7. The third-order valence-corrected chi connectivity index (χ3v) is 4.10. The molecule has 24 heavy (non-hydrogen) atoms. The molecule has 0 atom stereocenters. The molecule has 0 saturated heterocycles. The molecule has 1 aliphatic carbocycles. The Labute approximate surface area is 138 Å². The fraction of sp³-hybridized carbons (Fsp3) is 0.294. The van der Waals surface area contributed by atoms with Gasteiger partial charge in [0.15, 0.2) is 5.76 Å². The fourth-order valence-electron chi connectivity index (χ4n) is 2.66. The van der Waals surface area contributed by atoms with Crippen LogP contribution in [0.3, 0.4) is 0 Å². The van der Waals surface area contributed by atoms with Crippen molar-refractivity contribution in [3.05, 3.63) is 30.2 Å². The molecule has 1 aliphatic rings. The van der Waals surface area contributed by atoms with Gasteiger partial charge in [0.25, 0.3) is 0 Å². The van der Waals surface area contributed by atoms with Crippen LogP contribution in [0, 0.1) is 12.8 Å². The Morgan fingerprint density at radius 3 is 2.71 bits per heavy atom. The molecule has 0 radical (unpaired) electrons. The maximum absolute atomic E-state index is 12.0. The van der Waals surface area contributed by atoms with Gasteiger partial charge >= 0.3 is 0 Å². The molecule has 7 heteroatoms. The number of pyridine rings is 2. The number of rotatable bonds is 4. The van der Waals surface area contributed by atoms with E-state index in [1.807, 2.05) is 26.1 Å². The third-order valence-electron chi connectivity index (χ3n) is 4.10. The molecule has 2 N–H and O–H groups in total. The summed E-state index contributed by atoms with van der Waals surface area (Å²) in [5.41, 5.74) is 1.61. The number of hydrogen-bond acceptors (Lipinski definition) is 6. The zero-order valence-electron chi connectivity index (χ0n) is 13.5. The minimum absolute atomic E-state index is 0.0294. The number of amides is 1. The molecule has 3 aromatic rings. The Morgan fingerprint density at radius 1 is 1.21 bits per heavy atom. The number of carbonyl (C=O) groups excluding carboxylic acids is 1. The molecule has 4 rings (SSSR count). The van der Waals surface area contributed by atoms with Crippen LogP contribution in [0.1, 0.15) is 18.5 Å². The van der Waals surface area contributed by atoms with Gasteiger partial charge in [-0.2, -0.15) is 0 Å². The standard InChI is InChI=1S/C17H17N5O2/c1-9-5-14(24-22-9)12-7-20-16(18-2)13-8-19-15(6-11(12)13)21-17(23)10-3-4-10/h5-8,10H,3-4H2,1-2H3,(H,18,20)(H,19,21,23). The van der Waals surface area contributed by atoms with Gasteiger partial charge in [0, 0.05) is 47.8 Å². The number of aryl methyl sites for hydroxylation is 1. The molecular formula is C17H17N5O2. The molecule has 1 fully saturated rings. The molecule has 0 spiro atoms. The monoisotopic (exact) mass is 323 g/mol. The van der Waals surface area contributed by atoms with Gasteiger partial charge in [-0.25, -0.2) is 9.97 Å². The SMILES string of the molecule is CNc1ncc(-c2cc(C)no2)c2cc(NC(=O)C3CC3)ncc12. The van der Waals surface area contributed by atoms with Gasteiger partial charge in [0.2, 0.25) is 5.91 Å². The lowest BCUT2D eigenvalue weighted by molar-refractivity contribution is -0.117. The van der Waals surface area contributed by atoms with Crippen LogP contribution in [0.25, 0.3) is 22.1 Å². The molecule has 1 saturated carbocycles. The van der Waals surface area contributed by atoms with E-state index in [4.69, 9.17) is 4.52 Å². The van der Waals surface area contributed by atoms with Crippen molar-refractivity contribution in [3.8, 4) is 11.3 Å². The number of anilines is 2. The van der Waals surface area contributed by atoms with Crippen molar-refractivity contribution < 1.29 is 9.32 Å². The Kier molecular flexibility index (Phi) is 3.41. The summed E-state index contributed by atoms with van der Waals surface area (Å²) in [5, 5.41) is 11.6. The Balaban J connectivity index is 1.83. The molecule has 122 valence electrons. The minimum atomic E-state index is 0.0294. The maximum atomic E-state index is 12.0. The lowest BCUT2D eigenvalue weighted by atomic mass is 10.1. The summed E-state index contributed by atoms with van der Waals surface area (Å²) in [6.07, 6.45) is 5.36. The van der Waals surface area contributed by atoms with E-state index in [1.165, 1.54) is 0 Å². The van der Waals surface area contributed by atoms with Crippen molar-refractivity contribution in [2.24, 2.45) is 5.92 Å². The molecule has 1 amide bonds. The predicted octanol–water partition coefficient (Wildman–Crippen LogP) is 2.98. The number of nitrogens with zero attached hydrogens (tertiary/aromatic N) is 3. The molecule has 0 bridgehead atoms. The molecule has 3 aromatic heterocycles. The Hall–Kier alpha value is -2.96. The quantitative estimate of drug-likeness (QED) is 0.767. The molecule has 7 nitrogen and oxygen atoms in total. The van der Waals surface area contributed by atoms with Gasteiger partial charge in [-0.1, -0.05) is 5.16 Å². The highest BCUT2D eigenvalue weighted by Gasteiger charge is 2.29. The van der Waals surface area contributed by atoms with Gasteiger partial charge in [0.05, 0.1) is 5.69 Å². The number of nitrogens with one attached hydrogen (secondary N) is 2. The topological polar surface area (TPSA) is 92.9 Å². The van der Waals surface area contributed by atoms with Crippen LogP contribution in [0.5, 0.6) is 0 Å². The van der Waals surface area contributed by atoms with Gasteiger partial charge in [-0.05, 0) is 25.8 Å². The van der Waals surface area contributed by atoms with Crippen LogP contribution in [-0.2, 0) is 4.79 Å². The first-order chi connectivity index (χ1) is 11.7. The first kappa shape index (κ1) is 14.6. The third kappa shape index (κ3) is 2.58. The number of aromatic nitrogens is 3. The van der Waals surface area contributed by atoms with Crippen molar-refractivity contribution >= 4 is 28.3 Å². The smallest absolute Gasteiger partial charge is 0.228 e. The summed E-state index contributed by atoms with van der Waals surface area (Å²) >= 11 is 0. The number of fused-ring (bicyclic) bond motifs is 1. The van der Waals surface area contributed by atoms with Crippen LogP contribution >= 0.6 is 0 Å². The van der Waals surface area contributed by atoms with Gasteiger partial charge in [-0.3, -0.25) is 4.79 Å². The van der Waals surface area contributed by atoms with Gasteiger partial charge in [0.1, 0.15) is 11.6 Å². The second kappa shape index (κ2) is 5.59. The number of hydrogen-bond donors (Lipinski definition) is 2. The van der Waals surface area contributed by atoms with Crippen molar-refractivity contribution in [1.82, 2.24) is 15.1 Å². The summed E-state index contributed by atoms with van der Waals surface area (Å²) in [5.74, 6) is 2.05. The van der Waals surface area contributed by atoms with E-state index < -0.39 is 0 Å². The zero-order valence-corrected chi connectivity index (χ0v) is 13.5. The Bertz CT molecular complexity index is 930. The summed E-state index contributed by atoms with van der Waals surface area (Å²) in [6.45, 7) is 1.87. The molecule has 0 aliphatic heterocycles.